The van der Waals surface area contributed by atoms with Gasteiger partial charge < -0.3 is 15.1 Å². The molecule has 2 aromatic rings. The van der Waals surface area contributed by atoms with Crippen molar-refractivity contribution in [3.8, 4) is 0 Å². The molecular weight excluding hydrogens is 441 g/mol. The summed E-state index contributed by atoms with van der Waals surface area (Å²) in [6.07, 6.45) is 5.20. The molecule has 2 amide bonds. The van der Waals surface area contributed by atoms with Crippen molar-refractivity contribution in [1.29, 1.82) is 0 Å². The zero-order chi connectivity index (χ0) is 24.8. The third-order valence-corrected chi connectivity index (χ3v) is 7.49. The number of hydrogen-bond acceptors (Lipinski definition) is 3. The molecule has 0 saturated carbocycles. The van der Waals surface area contributed by atoms with Crippen LogP contribution in [0.5, 0.6) is 0 Å². The standard InChI is InChI=1S/C29H38FN3O2/c1-22(2)20-26-27(34)33(21-24-11-13-25(30)14-12-24)29(28(35)31-26)15-18-32(19-16-29)17-7-6-10-23-8-4-3-5-9-23/h3-5,8-9,11-14,22,26H,6-7,10,15-21H2,1-2H3,(H,31,35)/t26-/m0/s1. The lowest BCUT2D eigenvalue weighted by atomic mass is 9.80. The Bertz CT molecular complexity index is 985. The van der Waals surface area contributed by atoms with Crippen LogP contribution in [0, 0.1) is 11.7 Å². The molecule has 6 heteroatoms. The molecule has 2 aliphatic rings. The van der Waals surface area contributed by atoms with Crippen LogP contribution in [-0.4, -0.2) is 52.8 Å². The lowest BCUT2D eigenvalue weighted by Gasteiger charge is -2.52. The summed E-state index contributed by atoms with van der Waals surface area (Å²) in [5.41, 5.74) is 1.38. The second-order valence-corrected chi connectivity index (χ2v) is 10.5. The predicted molar refractivity (Wildman–Crippen MR) is 136 cm³/mol. The topological polar surface area (TPSA) is 52.7 Å². The highest BCUT2D eigenvalue weighted by Crippen LogP contribution is 2.35. The molecule has 0 unspecified atom stereocenters. The van der Waals surface area contributed by atoms with Crippen LogP contribution in [0.25, 0.3) is 0 Å². The van der Waals surface area contributed by atoms with Gasteiger partial charge in [0, 0.05) is 19.6 Å². The largest absolute Gasteiger partial charge is 0.342 e. The molecule has 0 bridgehead atoms. The smallest absolute Gasteiger partial charge is 0.246 e. The molecule has 1 spiro atoms. The Morgan fingerprint density at radius 3 is 2.31 bits per heavy atom. The van der Waals surface area contributed by atoms with Gasteiger partial charge in [-0.1, -0.05) is 56.3 Å². The second kappa shape index (κ2) is 11.3. The molecule has 1 N–H and O–H groups in total. The molecule has 188 valence electrons. The summed E-state index contributed by atoms with van der Waals surface area (Å²) in [6, 6.07) is 16.3. The van der Waals surface area contributed by atoms with Gasteiger partial charge in [0.1, 0.15) is 17.4 Å². The van der Waals surface area contributed by atoms with Gasteiger partial charge in [-0.15, -0.1) is 0 Å². The normalized spacial score (nSPS) is 20.5. The van der Waals surface area contributed by atoms with E-state index < -0.39 is 11.6 Å². The van der Waals surface area contributed by atoms with E-state index in [2.05, 4.69) is 48.3 Å². The highest BCUT2D eigenvalue weighted by molar-refractivity contribution is 6.00. The fraction of sp³-hybridized carbons (Fsp3) is 0.517. The van der Waals surface area contributed by atoms with E-state index in [4.69, 9.17) is 0 Å². The van der Waals surface area contributed by atoms with Crippen LogP contribution < -0.4 is 5.32 Å². The summed E-state index contributed by atoms with van der Waals surface area (Å²) < 4.78 is 13.5. The Labute approximate surface area is 208 Å². The molecule has 0 aromatic heterocycles. The number of rotatable bonds is 9. The van der Waals surface area contributed by atoms with Crippen molar-refractivity contribution in [1.82, 2.24) is 15.1 Å². The van der Waals surface area contributed by atoms with Crippen LogP contribution in [0.4, 0.5) is 4.39 Å². The number of piperidine rings is 1. The van der Waals surface area contributed by atoms with E-state index in [0.717, 1.165) is 44.5 Å². The van der Waals surface area contributed by atoms with Gasteiger partial charge in [-0.3, -0.25) is 9.59 Å². The van der Waals surface area contributed by atoms with Crippen molar-refractivity contribution in [3.05, 3.63) is 71.5 Å². The second-order valence-electron chi connectivity index (χ2n) is 10.5. The fourth-order valence-electron chi connectivity index (χ4n) is 5.46. The fourth-order valence-corrected chi connectivity index (χ4v) is 5.46. The first-order valence-electron chi connectivity index (χ1n) is 13.0. The molecule has 2 heterocycles. The number of nitrogens with one attached hydrogen (secondary N) is 1. The number of piperazine rings is 1. The molecule has 0 aliphatic carbocycles. The Morgan fingerprint density at radius 2 is 1.66 bits per heavy atom. The Hall–Kier alpha value is -2.73. The molecule has 2 fully saturated rings. The van der Waals surface area contributed by atoms with E-state index in [1.165, 1.54) is 17.7 Å². The van der Waals surface area contributed by atoms with Gasteiger partial charge in [0.25, 0.3) is 0 Å². The first kappa shape index (κ1) is 25.4. The quantitative estimate of drug-likeness (QED) is 0.537. The van der Waals surface area contributed by atoms with Crippen molar-refractivity contribution in [2.75, 3.05) is 19.6 Å². The maximum atomic E-state index is 13.6. The van der Waals surface area contributed by atoms with Gasteiger partial charge in [-0.05, 0) is 74.2 Å². The summed E-state index contributed by atoms with van der Waals surface area (Å²) in [5, 5.41) is 3.06. The molecule has 0 radical (unpaired) electrons. The Balaban J connectivity index is 1.41. The number of amides is 2. The molecule has 2 aliphatic heterocycles. The Kier molecular flexibility index (Phi) is 8.22. The molecule has 5 nitrogen and oxygen atoms in total. The van der Waals surface area contributed by atoms with Crippen LogP contribution in [0.2, 0.25) is 0 Å². The molecule has 2 aromatic carbocycles. The van der Waals surface area contributed by atoms with Gasteiger partial charge in [-0.2, -0.15) is 0 Å². The van der Waals surface area contributed by atoms with Crippen molar-refractivity contribution in [2.45, 2.75) is 70.5 Å². The predicted octanol–water partition coefficient (Wildman–Crippen LogP) is 4.56. The van der Waals surface area contributed by atoms with Crippen LogP contribution in [0.15, 0.2) is 54.6 Å². The zero-order valence-corrected chi connectivity index (χ0v) is 21.0. The number of nitrogens with zero attached hydrogens (tertiary/aromatic N) is 2. The maximum absolute atomic E-state index is 13.6. The number of benzene rings is 2. The summed E-state index contributed by atoms with van der Waals surface area (Å²) in [7, 11) is 0. The average Bonchev–Trinajstić information content (AvgIpc) is 2.85. The van der Waals surface area contributed by atoms with Crippen molar-refractivity contribution >= 4 is 11.8 Å². The summed E-state index contributed by atoms with van der Waals surface area (Å²) in [4.78, 5) is 31.3. The number of halogens is 1. The Morgan fingerprint density at radius 1 is 0.971 bits per heavy atom. The highest BCUT2D eigenvalue weighted by Gasteiger charge is 2.53. The lowest BCUT2D eigenvalue weighted by molar-refractivity contribution is -0.162. The first-order valence-corrected chi connectivity index (χ1v) is 13.0. The van der Waals surface area contributed by atoms with Gasteiger partial charge in [0.05, 0.1) is 0 Å². The molecule has 1 atom stereocenters. The van der Waals surface area contributed by atoms with E-state index in [0.29, 0.717) is 31.7 Å². The monoisotopic (exact) mass is 479 g/mol. The third-order valence-electron chi connectivity index (χ3n) is 7.49. The molecule has 4 rings (SSSR count). The van der Waals surface area contributed by atoms with Crippen molar-refractivity contribution in [2.24, 2.45) is 5.92 Å². The van der Waals surface area contributed by atoms with E-state index in [1.807, 2.05) is 6.07 Å². The lowest BCUT2D eigenvalue weighted by Crippen LogP contribution is -2.72. The summed E-state index contributed by atoms with van der Waals surface area (Å²) in [6.45, 7) is 7.04. The molecule has 2 saturated heterocycles. The SMILES string of the molecule is CC(C)C[C@@H]1NC(=O)C2(CCN(CCCCc3ccccc3)CC2)N(Cc2ccc(F)cc2)C1=O. The van der Waals surface area contributed by atoms with E-state index in [9.17, 15) is 14.0 Å². The number of aryl methyl sites for hydroxylation is 1. The van der Waals surface area contributed by atoms with E-state index in [1.54, 1.807) is 17.0 Å². The molecular formula is C29H38FN3O2. The number of hydrogen-bond donors (Lipinski definition) is 1. The maximum Gasteiger partial charge on any atom is 0.246 e. The van der Waals surface area contributed by atoms with Crippen LogP contribution in [0.1, 0.15) is 57.1 Å². The number of likely N-dealkylation sites (tertiary alicyclic amines) is 1. The number of unbranched alkanes of at least 4 members (excludes halogenated alkanes) is 1. The van der Waals surface area contributed by atoms with E-state index in [-0.39, 0.29) is 17.6 Å². The van der Waals surface area contributed by atoms with Gasteiger partial charge in [0.15, 0.2) is 0 Å². The van der Waals surface area contributed by atoms with Gasteiger partial charge in [-0.25, -0.2) is 4.39 Å². The van der Waals surface area contributed by atoms with Crippen molar-refractivity contribution in [3.63, 3.8) is 0 Å². The number of carbonyl (C=O) groups excluding carboxylic acids is 2. The number of carbonyl (C=O) groups is 2. The van der Waals surface area contributed by atoms with Gasteiger partial charge >= 0.3 is 0 Å². The van der Waals surface area contributed by atoms with Gasteiger partial charge in [0.2, 0.25) is 11.8 Å². The van der Waals surface area contributed by atoms with E-state index >= 15 is 0 Å². The van der Waals surface area contributed by atoms with Crippen molar-refractivity contribution < 1.29 is 14.0 Å². The zero-order valence-electron chi connectivity index (χ0n) is 21.0. The molecule has 35 heavy (non-hydrogen) atoms. The van der Waals surface area contributed by atoms with Crippen LogP contribution in [-0.2, 0) is 22.6 Å². The van der Waals surface area contributed by atoms with Crippen LogP contribution >= 0.6 is 0 Å². The average molecular weight is 480 g/mol. The summed E-state index contributed by atoms with van der Waals surface area (Å²) >= 11 is 0. The van der Waals surface area contributed by atoms with Crippen LogP contribution in [0.3, 0.4) is 0 Å². The minimum Gasteiger partial charge on any atom is -0.342 e. The third kappa shape index (κ3) is 6.10. The summed E-state index contributed by atoms with van der Waals surface area (Å²) in [5.74, 6) is -0.0549. The first-order chi connectivity index (χ1) is 16.9. The highest BCUT2D eigenvalue weighted by atomic mass is 19.1. The minimum absolute atomic E-state index is 0.0149. The minimum atomic E-state index is -0.834.